The van der Waals surface area contributed by atoms with E-state index in [9.17, 15) is 14.4 Å². The zero-order chi connectivity index (χ0) is 14.4. The molecular weight excluding hydrogens is 250 g/mol. The van der Waals surface area contributed by atoms with Crippen molar-refractivity contribution in [1.82, 2.24) is 15.1 Å². The molecule has 19 heavy (non-hydrogen) atoms. The Balaban J connectivity index is 2.24. The number of carbonyl (C=O) groups is 3. The van der Waals surface area contributed by atoms with Gasteiger partial charge in [0.05, 0.1) is 0 Å². The third kappa shape index (κ3) is 4.51. The standard InChI is InChI=1S/C12H21N3O4/c1-9(8-16)4-3-5-13-10(17)6-15-11(18)7-14(2)12(15)19/h9,16H,3-8H2,1-2H3,(H,13,17). The molecule has 0 aromatic rings. The Morgan fingerprint density at radius 2 is 2.16 bits per heavy atom. The van der Waals surface area contributed by atoms with E-state index < -0.39 is 6.03 Å². The Hall–Kier alpha value is -1.63. The second-order valence-electron chi connectivity index (χ2n) is 4.90. The van der Waals surface area contributed by atoms with E-state index in [0.717, 1.165) is 17.7 Å². The van der Waals surface area contributed by atoms with Crippen molar-refractivity contribution in [1.29, 1.82) is 0 Å². The normalized spacial score (nSPS) is 17.0. The van der Waals surface area contributed by atoms with Crippen LogP contribution in [0.15, 0.2) is 0 Å². The van der Waals surface area contributed by atoms with E-state index in [1.807, 2.05) is 6.92 Å². The van der Waals surface area contributed by atoms with Gasteiger partial charge in [-0.05, 0) is 18.8 Å². The average molecular weight is 271 g/mol. The molecule has 0 bridgehead atoms. The maximum atomic E-state index is 11.6. The first-order valence-corrected chi connectivity index (χ1v) is 6.38. The van der Waals surface area contributed by atoms with E-state index in [-0.39, 0.29) is 37.4 Å². The maximum absolute atomic E-state index is 11.6. The van der Waals surface area contributed by atoms with Gasteiger partial charge in [-0.3, -0.25) is 14.5 Å². The van der Waals surface area contributed by atoms with Gasteiger partial charge in [-0.2, -0.15) is 0 Å². The van der Waals surface area contributed by atoms with Gasteiger partial charge in [-0.1, -0.05) is 6.92 Å². The van der Waals surface area contributed by atoms with Crippen LogP contribution in [0, 0.1) is 5.92 Å². The zero-order valence-electron chi connectivity index (χ0n) is 11.4. The van der Waals surface area contributed by atoms with Crippen molar-refractivity contribution in [2.24, 2.45) is 5.92 Å². The van der Waals surface area contributed by atoms with Crippen molar-refractivity contribution < 1.29 is 19.5 Å². The summed E-state index contributed by atoms with van der Waals surface area (Å²) in [4.78, 5) is 36.8. The first-order chi connectivity index (χ1) is 8.95. The van der Waals surface area contributed by atoms with E-state index in [1.54, 1.807) is 0 Å². The van der Waals surface area contributed by atoms with Crippen molar-refractivity contribution in [2.45, 2.75) is 19.8 Å². The lowest BCUT2D eigenvalue weighted by Gasteiger charge is -2.14. The first kappa shape index (κ1) is 15.4. The van der Waals surface area contributed by atoms with Gasteiger partial charge in [-0.25, -0.2) is 4.79 Å². The summed E-state index contributed by atoms with van der Waals surface area (Å²) in [6.45, 7) is 2.35. The minimum absolute atomic E-state index is 0.0279. The van der Waals surface area contributed by atoms with E-state index in [1.165, 1.54) is 11.9 Å². The third-order valence-electron chi connectivity index (χ3n) is 3.04. The first-order valence-electron chi connectivity index (χ1n) is 6.38. The molecule has 108 valence electrons. The highest BCUT2D eigenvalue weighted by Gasteiger charge is 2.34. The van der Waals surface area contributed by atoms with Crippen molar-refractivity contribution >= 4 is 17.8 Å². The molecule has 1 heterocycles. The number of nitrogens with zero attached hydrogens (tertiary/aromatic N) is 2. The number of aliphatic hydroxyl groups excluding tert-OH is 1. The molecule has 1 unspecified atom stereocenters. The second-order valence-corrected chi connectivity index (χ2v) is 4.90. The van der Waals surface area contributed by atoms with E-state index >= 15 is 0 Å². The van der Waals surface area contributed by atoms with Crippen LogP contribution in [0.3, 0.4) is 0 Å². The molecule has 0 aliphatic carbocycles. The number of imide groups is 1. The Morgan fingerprint density at radius 1 is 1.47 bits per heavy atom. The number of rotatable bonds is 7. The molecule has 7 heteroatoms. The number of hydrogen-bond donors (Lipinski definition) is 2. The summed E-state index contributed by atoms with van der Waals surface area (Å²) in [5.74, 6) is -0.475. The van der Waals surface area contributed by atoms with Crippen molar-refractivity contribution in [3.05, 3.63) is 0 Å². The van der Waals surface area contributed by atoms with Gasteiger partial charge in [0.2, 0.25) is 5.91 Å². The van der Waals surface area contributed by atoms with Crippen LogP contribution in [0.4, 0.5) is 4.79 Å². The molecule has 1 aliphatic rings. The smallest absolute Gasteiger partial charge is 0.327 e. The molecule has 0 aromatic heterocycles. The lowest BCUT2D eigenvalue weighted by molar-refractivity contribution is -0.130. The second kappa shape index (κ2) is 7.08. The van der Waals surface area contributed by atoms with Gasteiger partial charge in [0.25, 0.3) is 5.91 Å². The molecule has 0 radical (unpaired) electrons. The lowest BCUT2D eigenvalue weighted by Crippen LogP contribution is -2.41. The van der Waals surface area contributed by atoms with Crippen LogP contribution >= 0.6 is 0 Å². The number of amides is 4. The Bertz CT molecular complexity index is 359. The number of aliphatic hydroxyl groups is 1. The molecule has 1 rings (SSSR count). The van der Waals surface area contributed by atoms with Crippen molar-refractivity contribution in [3.8, 4) is 0 Å². The van der Waals surface area contributed by atoms with E-state index in [4.69, 9.17) is 5.11 Å². The van der Waals surface area contributed by atoms with Gasteiger partial charge in [0, 0.05) is 20.2 Å². The highest BCUT2D eigenvalue weighted by molar-refractivity contribution is 6.04. The fourth-order valence-electron chi connectivity index (χ4n) is 1.79. The predicted octanol–water partition coefficient (Wildman–Crippen LogP) is -0.595. The molecule has 1 aliphatic heterocycles. The highest BCUT2D eigenvalue weighted by Crippen LogP contribution is 2.07. The topological polar surface area (TPSA) is 89.9 Å². The summed E-state index contributed by atoms with van der Waals surface area (Å²) in [5, 5.41) is 11.5. The van der Waals surface area contributed by atoms with E-state index in [2.05, 4.69) is 5.32 Å². The zero-order valence-corrected chi connectivity index (χ0v) is 11.4. The fraction of sp³-hybridized carbons (Fsp3) is 0.750. The van der Waals surface area contributed by atoms with Crippen LogP contribution in [-0.2, 0) is 9.59 Å². The predicted molar refractivity (Wildman–Crippen MR) is 68.2 cm³/mol. The van der Waals surface area contributed by atoms with Crippen molar-refractivity contribution in [2.75, 3.05) is 33.3 Å². The van der Waals surface area contributed by atoms with Gasteiger partial charge >= 0.3 is 6.03 Å². The molecular formula is C12H21N3O4. The quantitative estimate of drug-likeness (QED) is 0.478. The van der Waals surface area contributed by atoms with Crippen LogP contribution in [0.1, 0.15) is 19.8 Å². The highest BCUT2D eigenvalue weighted by atomic mass is 16.3. The van der Waals surface area contributed by atoms with Gasteiger partial charge < -0.3 is 15.3 Å². The maximum Gasteiger partial charge on any atom is 0.327 e. The molecule has 2 N–H and O–H groups in total. The Morgan fingerprint density at radius 3 is 2.68 bits per heavy atom. The average Bonchev–Trinajstić information content (AvgIpc) is 2.61. The molecule has 4 amide bonds. The fourth-order valence-corrected chi connectivity index (χ4v) is 1.79. The number of urea groups is 1. The van der Waals surface area contributed by atoms with Gasteiger partial charge in [0.1, 0.15) is 13.1 Å². The molecule has 1 atom stereocenters. The molecule has 7 nitrogen and oxygen atoms in total. The van der Waals surface area contributed by atoms with Crippen LogP contribution in [0.5, 0.6) is 0 Å². The molecule has 1 saturated heterocycles. The Labute approximate surface area is 112 Å². The van der Waals surface area contributed by atoms with Gasteiger partial charge in [0.15, 0.2) is 0 Å². The summed E-state index contributed by atoms with van der Waals surface area (Å²) >= 11 is 0. The number of likely N-dealkylation sites (N-methyl/N-ethyl adjacent to an activating group) is 1. The largest absolute Gasteiger partial charge is 0.396 e. The number of hydrogen-bond acceptors (Lipinski definition) is 4. The van der Waals surface area contributed by atoms with Crippen LogP contribution in [-0.4, -0.2) is 66.0 Å². The van der Waals surface area contributed by atoms with Gasteiger partial charge in [-0.15, -0.1) is 0 Å². The van der Waals surface area contributed by atoms with E-state index in [0.29, 0.717) is 6.54 Å². The van der Waals surface area contributed by atoms with Crippen molar-refractivity contribution in [3.63, 3.8) is 0 Å². The molecule has 0 aromatic carbocycles. The molecule has 0 spiro atoms. The van der Waals surface area contributed by atoms with Crippen LogP contribution in [0.2, 0.25) is 0 Å². The third-order valence-corrected chi connectivity index (χ3v) is 3.04. The summed E-state index contributed by atoms with van der Waals surface area (Å²) in [5.41, 5.74) is 0. The van der Waals surface area contributed by atoms with Crippen LogP contribution < -0.4 is 5.32 Å². The summed E-state index contributed by atoms with van der Waals surface area (Å²) in [6, 6.07) is -0.436. The number of carbonyl (C=O) groups excluding carboxylic acids is 3. The summed E-state index contributed by atoms with van der Waals surface area (Å²) in [7, 11) is 1.52. The minimum atomic E-state index is -0.436. The molecule has 1 fully saturated rings. The molecule has 0 saturated carbocycles. The monoisotopic (exact) mass is 271 g/mol. The Kier molecular flexibility index (Phi) is 5.75. The summed E-state index contributed by atoms with van der Waals surface area (Å²) < 4.78 is 0. The number of nitrogens with one attached hydrogen (secondary N) is 1. The van der Waals surface area contributed by atoms with Crippen LogP contribution in [0.25, 0.3) is 0 Å². The SMILES string of the molecule is CC(CO)CCCNC(=O)CN1C(=O)CN(C)C1=O. The summed E-state index contributed by atoms with van der Waals surface area (Å²) in [6.07, 6.45) is 1.58. The minimum Gasteiger partial charge on any atom is -0.396 e. The lowest BCUT2D eigenvalue weighted by atomic mass is 10.1.